The van der Waals surface area contributed by atoms with Crippen LogP contribution >= 0.6 is 11.6 Å². The minimum Gasteiger partial charge on any atom is -0.480 e. The van der Waals surface area contributed by atoms with Gasteiger partial charge in [-0.3, -0.25) is 4.79 Å². The molecule has 0 aromatic rings. The molecule has 1 amide bonds. The Morgan fingerprint density at radius 2 is 1.60 bits per heavy atom. The predicted molar refractivity (Wildman–Crippen MR) is 59.0 cm³/mol. The summed E-state index contributed by atoms with van der Waals surface area (Å²) >= 11 is 5.89. The molecule has 0 aliphatic heterocycles. The molecule has 2 N–H and O–H groups in total. The van der Waals surface area contributed by atoms with E-state index in [4.69, 9.17) is 16.7 Å². The van der Waals surface area contributed by atoms with Gasteiger partial charge >= 0.3 is 5.97 Å². The Kier molecular flexibility index (Phi) is 4.17. The molecule has 15 heavy (non-hydrogen) atoms. The van der Waals surface area contributed by atoms with Crippen molar-refractivity contribution < 1.29 is 14.7 Å². The molecule has 0 heterocycles. The van der Waals surface area contributed by atoms with E-state index >= 15 is 0 Å². The van der Waals surface area contributed by atoms with Crippen molar-refractivity contribution in [1.82, 2.24) is 5.32 Å². The van der Waals surface area contributed by atoms with Crippen LogP contribution in [0.1, 0.15) is 34.6 Å². The standard InChI is InChI=1S/C10H18ClNO3/c1-9(2,3)8(15)12-6(7(13)14)10(4,5)11/h6H,1-5H3,(H,12,15)(H,13,14)/t6-/m1/s1. The summed E-state index contributed by atoms with van der Waals surface area (Å²) in [7, 11) is 0. The fourth-order valence-electron chi connectivity index (χ4n) is 0.875. The van der Waals surface area contributed by atoms with Crippen LogP contribution in [0, 0.1) is 5.41 Å². The topological polar surface area (TPSA) is 66.4 Å². The second kappa shape index (κ2) is 4.39. The maximum atomic E-state index is 11.6. The smallest absolute Gasteiger partial charge is 0.328 e. The Morgan fingerprint density at radius 1 is 1.20 bits per heavy atom. The highest BCUT2D eigenvalue weighted by Crippen LogP contribution is 2.21. The fourth-order valence-corrected chi connectivity index (χ4v) is 1.02. The van der Waals surface area contributed by atoms with Crippen molar-refractivity contribution in [2.24, 2.45) is 5.41 Å². The van der Waals surface area contributed by atoms with E-state index in [0.717, 1.165) is 0 Å². The third-order valence-corrected chi connectivity index (χ3v) is 2.11. The van der Waals surface area contributed by atoms with Crippen LogP contribution in [0.3, 0.4) is 0 Å². The van der Waals surface area contributed by atoms with E-state index in [9.17, 15) is 9.59 Å². The molecule has 0 bridgehead atoms. The minimum atomic E-state index is -1.13. The lowest BCUT2D eigenvalue weighted by Crippen LogP contribution is -2.54. The van der Waals surface area contributed by atoms with Gasteiger partial charge in [-0.15, -0.1) is 11.6 Å². The Balaban J connectivity index is 4.74. The number of hydrogen-bond donors (Lipinski definition) is 2. The number of nitrogens with one attached hydrogen (secondary N) is 1. The van der Waals surface area contributed by atoms with Gasteiger partial charge in [-0.1, -0.05) is 20.8 Å². The summed E-state index contributed by atoms with van der Waals surface area (Å²) in [6.07, 6.45) is 0. The van der Waals surface area contributed by atoms with Gasteiger partial charge in [-0.05, 0) is 13.8 Å². The first kappa shape index (κ1) is 14.2. The lowest BCUT2D eigenvalue weighted by molar-refractivity contribution is -0.144. The van der Waals surface area contributed by atoms with E-state index in [1.807, 2.05) is 0 Å². The second-order valence-corrected chi connectivity index (χ2v) is 6.03. The van der Waals surface area contributed by atoms with Crippen LogP contribution in [0.2, 0.25) is 0 Å². The normalized spacial score (nSPS) is 14.5. The Hall–Kier alpha value is -0.770. The van der Waals surface area contributed by atoms with Gasteiger partial charge in [-0.25, -0.2) is 4.79 Å². The average molecular weight is 236 g/mol. The fraction of sp³-hybridized carbons (Fsp3) is 0.800. The van der Waals surface area contributed by atoms with Gasteiger partial charge in [0.25, 0.3) is 0 Å². The first-order chi connectivity index (χ1) is 6.46. The zero-order chi connectivity index (χ0) is 12.4. The highest BCUT2D eigenvalue weighted by molar-refractivity contribution is 6.25. The van der Waals surface area contributed by atoms with Crippen LogP contribution in [-0.4, -0.2) is 27.9 Å². The molecule has 0 fully saturated rings. The maximum absolute atomic E-state index is 11.6. The molecule has 5 heteroatoms. The number of rotatable bonds is 3. The molecular formula is C10H18ClNO3. The monoisotopic (exact) mass is 235 g/mol. The lowest BCUT2D eigenvalue weighted by Gasteiger charge is -2.28. The third-order valence-electron chi connectivity index (χ3n) is 1.89. The largest absolute Gasteiger partial charge is 0.480 e. The number of carbonyl (C=O) groups excluding carboxylic acids is 1. The molecule has 4 nitrogen and oxygen atoms in total. The van der Waals surface area contributed by atoms with E-state index in [1.165, 1.54) is 0 Å². The third kappa shape index (κ3) is 4.51. The summed E-state index contributed by atoms with van der Waals surface area (Å²) in [6.45, 7) is 8.24. The van der Waals surface area contributed by atoms with Crippen LogP contribution in [-0.2, 0) is 9.59 Å². The summed E-state index contributed by atoms with van der Waals surface area (Å²) < 4.78 is 0. The summed E-state index contributed by atoms with van der Waals surface area (Å²) in [6, 6.07) is -1.09. The van der Waals surface area contributed by atoms with Gasteiger partial charge < -0.3 is 10.4 Å². The van der Waals surface area contributed by atoms with Crippen molar-refractivity contribution in [2.45, 2.75) is 45.5 Å². The van der Waals surface area contributed by atoms with E-state index in [0.29, 0.717) is 0 Å². The average Bonchev–Trinajstić information content (AvgIpc) is 1.94. The molecule has 0 aliphatic carbocycles. The van der Waals surface area contributed by atoms with Crippen molar-refractivity contribution in [2.75, 3.05) is 0 Å². The van der Waals surface area contributed by atoms with Gasteiger partial charge in [0.1, 0.15) is 6.04 Å². The number of carboxylic acids is 1. The molecule has 0 spiro atoms. The Morgan fingerprint density at radius 3 is 1.80 bits per heavy atom. The first-order valence-electron chi connectivity index (χ1n) is 4.69. The number of halogens is 1. The molecule has 0 aliphatic rings. The first-order valence-corrected chi connectivity index (χ1v) is 5.06. The quantitative estimate of drug-likeness (QED) is 0.731. The van der Waals surface area contributed by atoms with Crippen LogP contribution in [0.5, 0.6) is 0 Å². The van der Waals surface area contributed by atoms with Gasteiger partial charge in [0.2, 0.25) is 5.91 Å². The van der Waals surface area contributed by atoms with Gasteiger partial charge in [-0.2, -0.15) is 0 Å². The summed E-state index contributed by atoms with van der Waals surface area (Å²) in [5, 5.41) is 11.4. The van der Waals surface area contributed by atoms with Crippen molar-refractivity contribution in [3.05, 3.63) is 0 Å². The van der Waals surface area contributed by atoms with Gasteiger partial charge in [0.15, 0.2) is 0 Å². The number of hydrogen-bond acceptors (Lipinski definition) is 2. The number of aliphatic carboxylic acids is 1. The Bertz CT molecular complexity index is 263. The van der Waals surface area contributed by atoms with Crippen molar-refractivity contribution in [3.63, 3.8) is 0 Å². The van der Waals surface area contributed by atoms with E-state index < -0.39 is 22.3 Å². The van der Waals surface area contributed by atoms with Crippen molar-refractivity contribution in [1.29, 1.82) is 0 Å². The lowest BCUT2D eigenvalue weighted by atomic mass is 9.94. The number of alkyl halides is 1. The van der Waals surface area contributed by atoms with Crippen LogP contribution in [0.15, 0.2) is 0 Å². The molecule has 0 aromatic heterocycles. The number of carboxylic acid groups (broad SMARTS) is 1. The number of carbonyl (C=O) groups is 2. The maximum Gasteiger partial charge on any atom is 0.328 e. The van der Waals surface area contributed by atoms with Crippen LogP contribution < -0.4 is 5.32 Å². The predicted octanol–water partition coefficient (Wildman–Crippen LogP) is 1.62. The highest BCUT2D eigenvalue weighted by atomic mass is 35.5. The zero-order valence-electron chi connectivity index (χ0n) is 9.72. The van der Waals surface area contributed by atoms with E-state index in [2.05, 4.69) is 5.32 Å². The molecule has 0 saturated heterocycles. The zero-order valence-corrected chi connectivity index (χ0v) is 10.5. The molecule has 88 valence electrons. The van der Waals surface area contributed by atoms with Gasteiger partial charge in [0.05, 0.1) is 4.87 Å². The molecule has 0 rings (SSSR count). The number of amides is 1. The SMILES string of the molecule is CC(C)(C)C(=O)N[C@H](C(=O)O)C(C)(C)Cl. The van der Waals surface area contributed by atoms with Crippen molar-refractivity contribution >= 4 is 23.5 Å². The summed E-state index contributed by atoms with van der Waals surface area (Å²) in [5.41, 5.74) is -0.629. The molecule has 0 unspecified atom stereocenters. The second-order valence-electron chi connectivity index (χ2n) is 5.06. The van der Waals surface area contributed by atoms with Crippen molar-refractivity contribution in [3.8, 4) is 0 Å². The Labute approximate surface area is 95.0 Å². The molecule has 0 saturated carbocycles. The summed E-state index contributed by atoms with van der Waals surface area (Å²) in [5.74, 6) is -1.46. The van der Waals surface area contributed by atoms with E-state index in [-0.39, 0.29) is 5.91 Å². The van der Waals surface area contributed by atoms with Crippen LogP contribution in [0.25, 0.3) is 0 Å². The summed E-state index contributed by atoms with van der Waals surface area (Å²) in [4.78, 5) is 21.5. The van der Waals surface area contributed by atoms with E-state index in [1.54, 1.807) is 34.6 Å². The molecular weight excluding hydrogens is 218 g/mol. The van der Waals surface area contributed by atoms with Gasteiger partial charge in [0, 0.05) is 5.41 Å². The molecule has 0 radical (unpaired) electrons. The molecule has 1 atom stereocenters. The van der Waals surface area contributed by atoms with Crippen LogP contribution in [0.4, 0.5) is 0 Å². The molecule has 0 aromatic carbocycles. The highest BCUT2D eigenvalue weighted by Gasteiger charge is 2.37. The minimum absolute atomic E-state index is 0.330.